The topological polar surface area (TPSA) is 38.2 Å². The highest BCUT2D eigenvalue weighted by molar-refractivity contribution is 9.10. The fourth-order valence-electron chi connectivity index (χ4n) is 2.41. The molecule has 1 aromatic heterocycles. The molecule has 0 spiro atoms. The fourth-order valence-corrected chi connectivity index (χ4v) is 2.80. The standard InChI is InChI=1S/C19H15BrF3N3O/c1-26(15-9-5-8-14(20)10-15)17-16(19(21,22)23)11-24-18(25-17)27-12-13-6-3-2-4-7-13/h2-11H,12H2,1H3. The van der Waals surface area contributed by atoms with Gasteiger partial charge in [-0.2, -0.15) is 18.2 Å². The highest BCUT2D eigenvalue weighted by atomic mass is 79.9. The monoisotopic (exact) mass is 437 g/mol. The lowest BCUT2D eigenvalue weighted by molar-refractivity contribution is -0.137. The van der Waals surface area contributed by atoms with Crippen molar-refractivity contribution >= 4 is 27.4 Å². The Bertz CT molecular complexity index is 920. The van der Waals surface area contributed by atoms with Crippen molar-refractivity contribution in [1.29, 1.82) is 0 Å². The van der Waals surface area contributed by atoms with E-state index in [-0.39, 0.29) is 18.4 Å². The maximum atomic E-state index is 13.4. The zero-order valence-corrected chi connectivity index (χ0v) is 15.8. The van der Waals surface area contributed by atoms with Crippen LogP contribution in [-0.4, -0.2) is 17.0 Å². The molecule has 0 N–H and O–H groups in total. The van der Waals surface area contributed by atoms with Crippen molar-refractivity contribution in [2.24, 2.45) is 0 Å². The van der Waals surface area contributed by atoms with Crippen LogP contribution in [0.5, 0.6) is 6.01 Å². The maximum absolute atomic E-state index is 13.4. The van der Waals surface area contributed by atoms with Gasteiger partial charge in [0.1, 0.15) is 12.2 Å². The minimum absolute atomic E-state index is 0.122. The number of halogens is 4. The van der Waals surface area contributed by atoms with Crippen molar-refractivity contribution in [2.45, 2.75) is 12.8 Å². The minimum atomic E-state index is -4.59. The smallest absolute Gasteiger partial charge is 0.421 e. The molecule has 0 radical (unpaired) electrons. The number of hydrogen-bond acceptors (Lipinski definition) is 4. The summed E-state index contributed by atoms with van der Waals surface area (Å²) in [5.74, 6) is -0.279. The molecule has 0 fully saturated rings. The van der Waals surface area contributed by atoms with Gasteiger partial charge in [0.25, 0.3) is 0 Å². The third-order valence-corrected chi connectivity index (χ3v) is 4.27. The quantitative estimate of drug-likeness (QED) is 0.520. The fraction of sp³-hybridized carbons (Fsp3) is 0.158. The summed E-state index contributed by atoms with van der Waals surface area (Å²) in [4.78, 5) is 9.09. The van der Waals surface area contributed by atoms with E-state index in [0.717, 1.165) is 16.2 Å². The summed E-state index contributed by atoms with van der Waals surface area (Å²) in [6.07, 6.45) is -3.84. The van der Waals surface area contributed by atoms with Crippen LogP contribution in [-0.2, 0) is 12.8 Å². The lowest BCUT2D eigenvalue weighted by Gasteiger charge is -2.22. The molecule has 0 amide bonds. The van der Waals surface area contributed by atoms with Crippen molar-refractivity contribution in [3.63, 3.8) is 0 Å². The molecule has 0 aliphatic carbocycles. The molecule has 0 atom stereocenters. The van der Waals surface area contributed by atoms with Crippen LogP contribution in [0, 0.1) is 0 Å². The first-order valence-corrected chi connectivity index (χ1v) is 8.74. The first-order chi connectivity index (χ1) is 12.8. The molecule has 4 nitrogen and oxygen atoms in total. The number of ether oxygens (including phenoxy) is 1. The van der Waals surface area contributed by atoms with E-state index in [4.69, 9.17) is 4.74 Å². The van der Waals surface area contributed by atoms with E-state index in [2.05, 4.69) is 25.9 Å². The van der Waals surface area contributed by atoms with Gasteiger partial charge in [-0.05, 0) is 23.8 Å². The van der Waals surface area contributed by atoms with Gasteiger partial charge in [-0.25, -0.2) is 4.98 Å². The molecular weight excluding hydrogens is 423 g/mol. The SMILES string of the molecule is CN(c1cccc(Br)c1)c1nc(OCc2ccccc2)ncc1C(F)(F)F. The van der Waals surface area contributed by atoms with E-state index in [1.807, 2.05) is 30.3 Å². The Balaban J connectivity index is 1.93. The van der Waals surface area contributed by atoms with Gasteiger partial charge in [0.2, 0.25) is 0 Å². The van der Waals surface area contributed by atoms with Crippen LogP contribution in [0.2, 0.25) is 0 Å². The number of alkyl halides is 3. The molecular formula is C19H15BrF3N3O. The van der Waals surface area contributed by atoms with Crippen LogP contribution < -0.4 is 9.64 Å². The molecule has 1 heterocycles. The predicted octanol–water partition coefficient (Wildman–Crippen LogP) is 5.60. The summed E-state index contributed by atoms with van der Waals surface area (Å²) in [5, 5.41) is 0. The summed E-state index contributed by atoms with van der Waals surface area (Å²) >= 11 is 3.32. The van der Waals surface area contributed by atoms with Gasteiger partial charge in [-0.15, -0.1) is 0 Å². The Morgan fingerprint density at radius 2 is 1.81 bits per heavy atom. The second-order valence-corrected chi connectivity index (χ2v) is 6.62. The summed E-state index contributed by atoms with van der Waals surface area (Å²) in [5.41, 5.74) is 0.475. The van der Waals surface area contributed by atoms with Gasteiger partial charge >= 0.3 is 12.2 Å². The lowest BCUT2D eigenvalue weighted by Crippen LogP contribution is -2.19. The molecule has 0 bridgehead atoms. The Morgan fingerprint density at radius 3 is 2.48 bits per heavy atom. The molecule has 0 aliphatic rings. The van der Waals surface area contributed by atoms with Gasteiger partial charge in [0.05, 0.1) is 0 Å². The average molecular weight is 438 g/mol. The molecule has 3 rings (SSSR count). The largest absolute Gasteiger partial charge is 0.459 e. The van der Waals surface area contributed by atoms with Crippen molar-refractivity contribution in [3.05, 3.63) is 76.4 Å². The van der Waals surface area contributed by atoms with Crippen LogP contribution in [0.1, 0.15) is 11.1 Å². The number of rotatable bonds is 5. The first-order valence-electron chi connectivity index (χ1n) is 7.95. The molecule has 0 unspecified atom stereocenters. The highest BCUT2D eigenvalue weighted by Crippen LogP contribution is 2.38. The number of nitrogens with zero attached hydrogens (tertiary/aromatic N) is 3. The molecule has 2 aromatic carbocycles. The van der Waals surface area contributed by atoms with E-state index in [1.54, 1.807) is 24.3 Å². The van der Waals surface area contributed by atoms with Crippen LogP contribution in [0.25, 0.3) is 0 Å². The van der Waals surface area contributed by atoms with Gasteiger partial charge in [-0.3, -0.25) is 0 Å². The minimum Gasteiger partial charge on any atom is -0.459 e. The van der Waals surface area contributed by atoms with Crippen molar-refractivity contribution in [1.82, 2.24) is 9.97 Å². The van der Waals surface area contributed by atoms with E-state index in [1.165, 1.54) is 11.9 Å². The van der Waals surface area contributed by atoms with Gasteiger partial charge in [-0.1, -0.05) is 52.3 Å². The molecule has 0 saturated carbocycles. The van der Waals surface area contributed by atoms with Crippen LogP contribution in [0.15, 0.2) is 65.3 Å². The second-order valence-electron chi connectivity index (χ2n) is 5.70. The zero-order valence-electron chi connectivity index (χ0n) is 14.2. The Labute approximate surface area is 162 Å². The first kappa shape index (κ1) is 19.2. The average Bonchev–Trinajstić information content (AvgIpc) is 2.65. The number of aromatic nitrogens is 2. The van der Waals surface area contributed by atoms with E-state index < -0.39 is 11.7 Å². The van der Waals surface area contributed by atoms with Crippen LogP contribution >= 0.6 is 15.9 Å². The molecule has 3 aromatic rings. The number of benzene rings is 2. The van der Waals surface area contributed by atoms with Crippen molar-refractivity contribution < 1.29 is 17.9 Å². The molecule has 8 heteroatoms. The van der Waals surface area contributed by atoms with Crippen LogP contribution in [0.4, 0.5) is 24.7 Å². The third kappa shape index (κ3) is 4.77. The van der Waals surface area contributed by atoms with Gasteiger partial charge in [0, 0.05) is 23.4 Å². The summed E-state index contributed by atoms with van der Waals surface area (Å²) in [6.45, 7) is 0.159. The molecule has 0 saturated heterocycles. The molecule has 27 heavy (non-hydrogen) atoms. The summed E-state index contributed by atoms with van der Waals surface area (Å²) in [6, 6.07) is 16.0. The normalized spacial score (nSPS) is 11.3. The lowest BCUT2D eigenvalue weighted by atomic mass is 10.2. The summed E-state index contributed by atoms with van der Waals surface area (Å²) in [7, 11) is 1.51. The van der Waals surface area contributed by atoms with E-state index in [9.17, 15) is 13.2 Å². The van der Waals surface area contributed by atoms with Crippen LogP contribution in [0.3, 0.4) is 0 Å². The Morgan fingerprint density at radius 1 is 1.07 bits per heavy atom. The predicted molar refractivity (Wildman–Crippen MR) is 100 cm³/mol. The molecule has 140 valence electrons. The van der Waals surface area contributed by atoms with E-state index >= 15 is 0 Å². The molecule has 0 aliphatic heterocycles. The van der Waals surface area contributed by atoms with E-state index in [0.29, 0.717) is 5.69 Å². The highest BCUT2D eigenvalue weighted by Gasteiger charge is 2.36. The van der Waals surface area contributed by atoms with Gasteiger partial charge < -0.3 is 9.64 Å². The Hall–Kier alpha value is -2.61. The summed E-state index contributed by atoms with van der Waals surface area (Å²) < 4.78 is 46.5. The second kappa shape index (κ2) is 7.96. The number of hydrogen-bond donors (Lipinski definition) is 0. The van der Waals surface area contributed by atoms with Crippen molar-refractivity contribution in [3.8, 4) is 6.01 Å². The third-order valence-electron chi connectivity index (χ3n) is 3.78. The zero-order chi connectivity index (χ0) is 19.4. The van der Waals surface area contributed by atoms with Gasteiger partial charge in [0.15, 0.2) is 5.82 Å². The Kier molecular flexibility index (Phi) is 5.65. The number of anilines is 2. The maximum Gasteiger partial charge on any atom is 0.421 e. The van der Waals surface area contributed by atoms with Crippen molar-refractivity contribution in [2.75, 3.05) is 11.9 Å².